The van der Waals surface area contributed by atoms with Crippen LogP contribution in [0, 0.1) is 17.8 Å². The third-order valence-corrected chi connectivity index (χ3v) is 11.1. The predicted octanol–water partition coefficient (Wildman–Crippen LogP) is 2.69. The van der Waals surface area contributed by atoms with E-state index in [1.54, 1.807) is 23.5 Å². The molecule has 1 amide bonds. The summed E-state index contributed by atoms with van der Waals surface area (Å²) in [5.74, 6) is 0.807. The van der Waals surface area contributed by atoms with Crippen LogP contribution in [-0.4, -0.2) is 66.4 Å². The van der Waals surface area contributed by atoms with Crippen molar-refractivity contribution >= 4 is 27.0 Å². The number of aromatic nitrogens is 1. The summed E-state index contributed by atoms with van der Waals surface area (Å²) in [5.41, 5.74) is 0.862. The van der Waals surface area contributed by atoms with Gasteiger partial charge in [0.1, 0.15) is 0 Å². The zero-order chi connectivity index (χ0) is 25.7. The summed E-state index contributed by atoms with van der Waals surface area (Å²) in [4.78, 5) is 27.2. The van der Waals surface area contributed by atoms with Crippen LogP contribution in [0.2, 0.25) is 0 Å². The number of oxazole rings is 1. The largest absolute Gasteiger partial charge is 0.419 e. The molecule has 10 heteroatoms. The number of fused-ring (bicyclic) bond motifs is 1. The molecule has 0 unspecified atom stereocenters. The average Bonchev–Trinajstić information content (AvgIpc) is 3.68. The first-order valence-corrected chi connectivity index (χ1v) is 15.4. The van der Waals surface area contributed by atoms with Crippen molar-refractivity contribution in [3.05, 3.63) is 28.7 Å². The number of hydrogen-bond donors (Lipinski definition) is 1. The highest BCUT2D eigenvalue weighted by molar-refractivity contribution is 7.89. The monoisotopic (exact) mass is 530 g/mol. The molecule has 1 aliphatic carbocycles. The fraction of sp³-hybridized carbons (Fsp3) is 0.704. The van der Waals surface area contributed by atoms with Crippen molar-refractivity contribution in [2.24, 2.45) is 24.8 Å². The minimum atomic E-state index is -3.81. The summed E-state index contributed by atoms with van der Waals surface area (Å²) >= 11 is 0. The van der Waals surface area contributed by atoms with Crippen LogP contribution in [0.4, 0.5) is 0 Å². The molecule has 4 aliphatic rings. The smallest absolute Gasteiger partial charge is 0.408 e. The number of amides is 1. The molecule has 6 rings (SSSR count). The van der Waals surface area contributed by atoms with E-state index in [2.05, 4.69) is 10.2 Å². The van der Waals surface area contributed by atoms with E-state index >= 15 is 0 Å². The summed E-state index contributed by atoms with van der Waals surface area (Å²) in [5, 5.41) is 3.04. The standard InChI is InChI=1S/C27H38N4O5S/c1-29-23-12-11-20(15-24(23)36-27(29)33)37(34,35)31-17-19-5-3-13-30-14-4-6-21(26(19)30)22(31)7-2-8-25(32)28-16-18-9-10-18/h11-12,15,18-19,21-22,26H,2-10,13-14,16-17H2,1H3,(H,28,32)/t19-,21+,22+,26-/m0/s1. The van der Waals surface area contributed by atoms with Crippen molar-refractivity contribution in [2.45, 2.75) is 74.8 Å². The first-order valence-electron chi connectivity index (χ1n) is 13.9. The molecule has 1 aromatic heterocycles. The van der Waals surface area contributed by atoms with Gasteiger partial charge in [0.2, 0.25) is 15.9 Å². The molecular formula is C27H38N4O5S. The first kappa shape index (κ1) is 25.1. The lowest BCUT2D eigenvalue weighted by Crippen LogP contribution is -2.65. The molecule has 4 fully saturated rings. The number of piperidine rings is 3. The maximum absolute atomic E-state index is 14.2. The molecule has 4 heterocycles. The van der Waals surface area contributed by atoms with Gasteiger partial charge in [-0.2, -0.15) is 4.31 Å². The zero-order valence-corrected chi connectivity index (χ0v) is 22.4. The van der Waals surface area contributed by atoms with E-state index in [0.29, 0.717) is 49.2 Å². The van der Waals surface area contributed by atoms with E-state index in [1.165, 1.54) is 23.5 Å². The maximum Gasteiger partial charge on any atom is 0.419 e. The Bertz CT molecular complexity index is 1330. The van der Waals surface area contributed by atoms with E-state index in [0.717, 1.165) is 45.3 Å². The molecule has 0 spiro atoms. The number of nitrogens with one attached hydrogen (secondary N) is 1. The summed E-state index contributed by atoms with van der Waals surface area (Å²) < 4.78 is 36.8. The number of sulfonamides is 1. The molecule has 0 bridgehead atoms. The number of rotatable bonds is 8. The van der Waals surface area contributed by atoms with Crippen LogP contribution in [0.15, 0.2) is 32.3 Å². The van der Waals surface area contributed by atoms with Gasteiger partial charge < -0.3 is 9.73 Å². The topological polar surface area (TPSA) is 105 Å². The number of benzene rings is 1. The molecule has 9 nitrogen and oxygen atoms in total. The SMILES string of the molecule is Cn1c(=O)oc2cc(S(=O)(=O)N3C[C@@H]4CCCN5CCC[C@@H]([C@H]45)[C@H]3CCCC(=O)NCC3CC3)ccc21. The Balaban J connectivity index is 1.27. The second kappa shape index (κ2) is 9.85. The van der Waals surface area contributed by atoms with Gasteiger partial charge in [-0.3, -0.25) is 14.3 Å². The van der Waals surface area contributed by atoms with Crippen molar-refractivity contribution in [3.63, 3.8) is 0 Å². The van der Waals surface area contributed by atoms with Crippen molar-refractivity contribution in [1.29, 1.82) is 0 Å². The van der Waals surface area contributed by atoms with Crippen LogP contribution in [0.3, 0.4) is 0 Å². The van der Waals surface area contributed by atoms with Crippen LogP contribution in [0.5, 0.6) is 0 Å². The van der Waals surface area contributed by atoms with Crippen molar-refractivity contribution in [3.8, 4) is 0 Å². The molecule has 3 aliphatic heterocycles. The van der Waals surface area contributed by atoms with Gasteiger partial charge in [-0.25, -0.2) is 13.2 Å². The van der Waals surface area contributed by atoms with E-state index in [4.69, 9.17) is 4.42 Å². The lowest BCUT2D eigenvalue weighted by atomic mass is 9.70. The van der Waals surface area contributed by atoms with Gasteiger partial charge in [0.15, 0.2) is 5.58 Å². The van der Waals surface area contributed by atoms with Gasteiger partial charge >= 0.3 is 5.76 Å². The number of carbonyl (C=O) groups excluding carboxylic acids is 1. The highest BCUT2D eigenvalue weighted by atomic mass is 32.2. The average molecular weight is 531 g/mol. The Kier molecular flexibility index (Phi) is 6.69. The van der Waals surface area contributed by atoms with E-state index in [1.807, 2.05) is 0 Å². The van der Waals surface area contributed by atoms with Crippen molar-refractivity contribution < 1.29 is 17.6 Å². The third kappa shape index (κ3) is 4.76. The molecule has 0 radical (unpaired) electrons. The van der Waals surface area contributed by atoms with Crippen LogP contribution >= 0.6 is 0 Å². The van der Waals surface area contributed by atoms with Crippen LogP contribution < -0.4 is 11.1 Å². The molecule has 1 aromatic carbocycles. The van der Waals surface area contributed by atoms with Crippen LogP contribution in [0.25, 0.3) is 11.1 Å². The Morgan fingerprint density at radius 2 is 1.92 bits per heavy atom. The molecule has 4 atom stereocenters. The summed E-state index contributed by atoms with van der Waals surface area (Å²) in [6, 6.07) is 5.03. The lowest BCUT2D eigenvalue weighted by molar-refractivity contribution is -0.121. The Hall–Kier alpha value is -2.17. The van der Waals surface area contributed by atoms with Crippen molar-refractivity contribution in [1.82, 2.24) is 19.1 Å². The Morgan fingerprint density at radius 1 is 1.14 bits per heavy atom. The van der Waals surface area contributed by atoms with Crippen LogP contribution in [-0.2, 0) is 21.9 Å². The first-order chi connectivity index (χ1) is 17.8. The third-order valence-electron chi connectivity index (χ3n) is 9.18. The highest BCUT2D eigenvalue weighted by Crippen LogP contribution is 2.45. The normalized spacial score (nSPS) is 28.8. The van der Waals surface area contributed by atoms with E-state index in [-0.39, 0.29) is 28.3 Å². The number of carbonyl (C=O) groups is 1. The number of hydrogen-bond acceptors (Lipinski definition) is 6. The second-order valence-corrected chi connectivity index (χ2v) is 13.5. The fourth-order valence-corrected chi connectivity index (χ4v) is 8.91. The summed E-state index contributed by atoms with van der Waals surface area (Å²) in [6.07, 6.45) is 8.45. The molecule has 2 aromatic rings. The van der Waals surface area contributed by atoms with E-state index < -0.39 is 15.8 Å². The summed E-state index contributed by atoms with van der Waals surface area (Å²) in [7, 11) is -2.20. The van der Waals surface area contributed by atoms with Gasteiger partial charge in [0.25, 0.3) is 0 Å². The molecule has 1 saturated carbocycles. The molecule has 1 N–H and O–H groups in total. The Morgan fingerprint density at radius 3 is 2.70 bits per heavy atom. The highest BCUT2D eigenvalue weighted by Gasteiger charge is 2.51. The van der Waals surface area contributed by atoms with Gasteiger partial charge in [-0.05, 0) is 94.3 Å². The molecular weight excluding hydrogens is 492 g/mol. The van der Waals surface area contributed by atoms with Crippen molar-refractivity contribution in [2.75, 3.05) is 26.2 Å². The van der Waals surface area contributed by atoms with Gasteiger partial charge in [-0.15, -0.1) is 0 Å². The number of nitrogens with zero attached hydrogens (tertiary/aromatic N) is 3. The Labute approximate surface area is 218 Å². The fourth-order valence-electron chi connectivity index (χ4n) is 7.14. The lowest BCUT2D eigenvalue weighted by Gasteiger charge is -2.57. The van der Waals surface area contributed by atoms with Gasteiger partial charge in [0.05, 0.1) is 10.4 Å². The summed E-state index contributed by atoms with van der Waals surface area (Å²) in [6.45, 7) is 3.48. The quantitative estimate of drug-likeness (QED) is 0.563. The molecule has 202 valence electrons. The minimum absolute atomic E-state index is 0.0717. The molecule has 37 heavy (non-hydrogen) atoms. The predicted molar refractivity (Wildman–Crippen MR) is 140 cm³/mol. The second-order valence-electron chi connectivity index (χ2n) is 11.6. The number of aryl methyl sites for hydroxylation is 1. The van der Waals surface area contributed by atoms with Gasteiger partial charge in [0, 0.05) is 44.7 Å². The minimum Gasteiger partial charge on any atom is -0.408 e. The van der Waals surface area contributed by atoms with E-state index in [9.17, 15) is 18.0 Å². The molecule has 3 saturated heterocycles. The zero-order valence-electron chi connectivity index (χ0n) is 21.6. The van der Waals surface area contributed by atoms with Crippen LogP contribution in [0.1, 0.15) is 57.8 Å². The van der Waals surface area contributed by atoms with Gasteiger partial charge in [-0.1, -0.05) is 0 Å². The maximum atomic E-state index is 14.2.